The van der Waals surface area contributed by atoms with Crippen molar-refractivity contribution in [3.63, 3.8) is 0 Å². The fourth-order valence-corrected chi connectivity index (χ4v) is 10.4. The number of hydrogen-bond donors (Lipinski definition) is 2. The Balaban J connectivity index is 1.70. The summed E-state index contributed by atoms with van der Waals surface area (Å²) < 4.78 is 29.7. The molecule has 3 aliphatic heterocycles. The third-order valence-electron chi connectivity index (χ3n) is 14.8. The van der Waals surface area contributed by atoms with Crippen molar-refractivity contribution in [3.8, 4) is 0 Å². The summed E-state index contributed by atoms with van der Waals surface area (Å²) in [5, 5.41) is 23.4. The number of Topliss-reactive ketones (excluding diaryl/α,β-unsaturated/α-hetero) is 3. The summed E-state index contributed by atoms with van der Waals surface area (Å²) in [7, 11) is 4.70. The minimum atomic E-state index is -2.41. The molecule has 3 fully saturated rings. The van der Waals surface area contributed by atoms with E-state index in [-0.39, 0.29) is 54.8 Å². The van der Waals surface area contributed by atoms with Gasteiger partial charge in [0, 0.05) is 58.5 Å². The Hall–Kier alpha value is -3.33. The molecule has 0 aromatic carbocycles. The quantitative estimate of drug-likeness (QED) is 0.153. The first-order valence-electron chi connectivity index (χ1n) is 24.2. The summed E-state index contributed by atoms with van der Waals surface area (Å²) in [4.78, 5) is 71.9. The lowest BCUT2D eigenvalue weighted by Gasteiger charge is -2.42. The Kier molecular flexibility index (Phi) is 21.0. The Morgan fingerprint density at radius 2 is 1.57 bits per heavy atom. The average Bonchev–Trinajstić information content (AvgIpc) is 3.28. The van der Waals surface area contributed by atoms with Gasteiger partial charge in [0.1, 0.15) is 30.1 Å². The van der Waals surface area contributed by atoms with Crippen molar-refractivity contribution < 1.29 is 57.9 Å². The number of piperidine rings is 1. The van der Waals surface area contributed by atoms with Crippen LogP contribution in [0, 0.1) is 41.4 Å². The molecule has 0 aromatic rings. The molecule has 2 unspecified atom stereocenters. The van der Waals surface area contributed by atoms with Gasteiger partial charge in [-0.15, -0.1) is 0 Å². The van der Waals surface area contributed by atoms with Crippen molar-refractivity contribution in [1.29, 1.82) is 0 Å². The first-order valence-corrected chi connectivity index (χ1v) is 24.2. The number of aliphatic hydroxyl groups excluding tert-OH is 1. The van der Waals surface area contributed by atoms with Gasteiger partial charge in [-0.1, -0.05) is 78.0 Å². The molecule has 13 heteroatoms. The van der Waals surface area contributed by atoms with Crippen molar-refractivity contribution >= 4 is 29.2 Å². The minimum absolute atomic E-state index is 0.0304. The van der Waals surface area contributed by atoms with Crippen LogP contribution in [0.25, 0.3) is 0 Å². The van der Waals surface area contributed by atoms with E-state index >= 15 is 0 Å². The second-order valence-corrected chi connectivity index (χ2v) is 20.0. The van der Waals surface area contributed by atoms with Crippen LogP contribution < -0.4 is 0 Å². The molecule has 2 saturated heterocycles. The largest absolute Gasteiger partial charge is 0.460 e. The predicted octanol–water partition coefficient (Wildman–Crippen LogP) is 7.46. The number of methoxy groups -OCH3 is 3. The molecule has 1 saturated carbocycles. The molecular weight excluding hydrogens is 831 g/mol. The van der Waals surface area contributed by atoms with Crippen LogP contribution in [0.15, 0.2) is 47.6 Å². The van der Waals surface area contributed by atoms with Crippen molar-refractivity contribution in [3.05, 3.63) is 47.6 Å². The third-order valence-corrected chi connectivity index (χ3v) is 14.8. The van der Waals surface area contributed by atoms with Gasteiger partial charge in [0.05, 0.1) is 18.3 Å². The van der Waals surface area contributed by atoms with Gasteiger partial charge in [0.15, 0.2) is 5.78 Å². The lowest BCUT2D eigenvalue weighted by Crippen LogP contribution is -2.61. The van der Waals surface area contributed by atoms with Crippen molar-refractivity contribution in [2.45, 2.75) is 181 Å². The molecule has 0 aromatic heterocycles. The second-order valence-electron chi connectivity index (χ2n) is 20.0. The normalized spacial score (nSPS) is 40.4. The highest BCUT2D eigenvalue weighted by Gasteiger charge is 2.53. The number of cyclic esters (lactones) is 1. The van der Waals surface area contributed by atoms with Gasteiger partial charge in [0.2, 0.25) is 5.79 Å². The van der Waals surface area contributed by atoms with Crippen LogP contribution in [0.5, 0.6) is 0 Å². The number of amides is 1. The molecule has 1 amide bonds. The SMILES string of the molecule is COC1C(=O)C(C)C[C@H](C)/C=C/C=C/C=C(\C)[C@@H](OC)C[C@@H]2CC[C@@H](C)[C@@](O)(O2)C(=O)C(=O)N2CCCC[C@H]2C(=O)O[C@H]([C@H](C)C[C@@H]2CC[C@@H](C)[C@H](OC)C2)CC(=O)[C@H](C)/C=C(\C)[C@H]1O. The molecule has 3 heterocycles. The summed E-state index contributed by atoms with van der Waals surface area (Å²) in [5.74, 6) is -7.07. The number of aliphatic hydroxyl groups is 2. The van der Waals surface area contributed by atoms with E-state index in [1.807, 2.05) is 58.1 Å². The first-order chi connectivity index (χ1) is 30.7. The second kappa shape index (κ2) is 25.2. The molecule has 15 atom stereocenters. The van der Waals surface area contributed by atoms with Gasteiger partial charge in [-0.05, 0) is 113 Å². The van der Waals surface area contributed by atoms with Gasteiger partial charge in [-0.3, -0.25) is 19.2 Å². The fourth-order valence-electron chi connectivity index (χ4n) is 10.4. The summed E-state index contributed by atoms with van der Waals surface area (Å²) in [6, 6.07) is -1.11. The highest BCUT2D eigenvalue weighted by atomic mass is 16.6. The molecular formula is C52H81NO12. The van der Waals surface area contributed by atoms with E-state index in [9.17, 15) is 34.2 Å². The van der Waals surface area contributed by atoms with E-state index in [2.05, 4.69) is 6.92 Å². The van der Waals surface area contributed by atoms with Gasteiger partial charge in [-0.2, -0.15) is 0 Å². The number of nitrogens with zero attached hydrogens (tertiary/aromatic N) is 1. The highest BCUT2D eigenvalue weighted by Crippen LogP contribution is 2.38. The van der Waals surface area contributed by atoms with Crippen LogP contribution in [-0.4, -0.2) is 121 Å². The molecule has 4 aliphatic rings. The molecule has 13 nitrogen and oxygen atoms in total. The van der Waals surface area contributed by atoms with Crippen LogP contribution >= 0.6 is 0 Å². The molecule has 366 valence electrons. The Bertz CT molecular complexity index is 1750. The third kappa shape index (κ3) is 14.3. The number of ether oxygens (including phenoxy) is 5. The molecule has 65 heavy (non-hydrogen) atoms. The maximum atomic E-state index is 14.4. The minimum Gasteiger partial charge on any atom is -0.460 e. The van der Waals surface area contributed by atoms with E-state index < -0.39 is 77.8 Å². The van der Waals surface area contributed by atoms with Crippen molar-refractivity contribution in [1.82, 2.24) is 4.90 Å². The average molecular weight is 912 g/mol. The molecule has 0 radical (unpaired) electrons. The van der Waals surface area contributed by atoms with Crippen LogP contribution in [0.4, 0.5) is 0 Å². The van der Waals surface area contributed by atoms with Crippen LogP contribution in [0.3, 0.4) is 0 Å². The Morgan fingerprint density at radius 1 is 0.846 bits per heavy atom. The maximum absolute atomic E-state index is 14.4. The fraction of sp³-hybridized carbons (Fsp3) is 0.750. The molecule has 0 spiro atoms. The number of ketones is 3. The van der Waals surface area contributed by atoms with Crippen molar-refractivity contribution in [2.24, 2.45) is 41.4 Å². The Morgan fingerprint density at radius 3 is 2.25 bits per heavy atom. The van der Waals surface area contributed by atoms with E-state index in [1.54, 1.807) is 41.1 Å². The van der Waals surface area contributed by atoms with E-state index in [0.29, 0.717) is 56.4 Å². The van der Waals surface area contributed by atoms with E-state index in [1.165, 1.54) is 12.0 Å². The lowest BCUT2D eigenvalue weighted by atomic mass is 9.76. The maximum Gasteiger partial charge on any atom is 0.329 e. The standard InChI is InChI=1S/C52H81NO12/c1-31-17-13-12-14-18-32(2)44(62-10)29-40-23-21-38(8)52(60,65-40)49(57)50(58)53-24-16-15-19-41(53)51(59)64-45(35(5)27-39-22-20-33(3)43(28-39)61-9)30-42(54)34(4)26-37(7)47(56)48(63-11)46(55)36(6)25-31/h12-14,17-18,26,31,33-36,38-41,43-45,47-48,56,60H,15-16,19-25,27-30H2,1-11H3/b14-12+,17-13+,32-18+,37-26+/t31-,33-,34-,35-,36?,38-,39+,40+,41+,43-,44+,45+,47-,48?,52-/m1/s1. The van der Waals surface area contributed by atoms with Crippen LogP contribution in [0.1, 0.15) is 132 Å². The van der Waals surface area contributed by atoms with Gasteiger partial charge >= 0.3 is 5.97 Å². The molecule has 4 rings (SSSR count). The predicted molar refractivity (Wildman–Crippen MR) is 248 cm³/mol. The van der Waals surface area contributed by atoms with Crippen LogP contribution in [-0.2, 0) is 47.7 Å². The summed E-state index contributed by atoms with van der Waals surface area (Å²) >= 11 is 0. The van der Waals surface area contributed by atoms with Crippen LogP contribution in [0.2, 0.25) is 0 Å². The van der Waals surface area contributed by atoms with Gasteiger partial charge < -0.3 is 38.8 Å². The molecule has 1 aliphatic carbocycles. The van der Waals surface area contributed by atoms with Gasteiger partial charge in [-0.25, -0.2) is 4.79 Å². The monoisotopic (exact) mass is 912 g/mol. The van der Waals surface area contributed by atoms with E-state index in [4.69, 9.17) is 23.7 Å². The molecule has 2 N–H and O–H groups in total. The number of carbonyl (C=O) groups is 5. The summed E-state index contributed by atoms with van der Waals surface area (Å²) in [6.45, 7) is 15.1. The Labute approximate surface area is 388 Å². The zero-order valence-corrected chi connectivity index (χ0v) is 41.2. The first kappa shape index (κ1) is 54.3. The lowest BCUT2D eigenvalue weighted by molar-refractivity contribution is -0.265. The highest BCUT2D eigenvalue weighted by molar-refractivity contribution is 6.39. The number of rotatable bonds is 6. The number of allylic oxidation sites excluding steroid dienone is 6. The van der Waals surface area contributed by atoms with Crippen molar-refractivity contribution in [2.75, 3.05) is 27.9 Å². The number of hydrogen-bond acceptors (Lipinski definition) is 12. The number of fused-ring (bicyclic) bond motifs is 3. The number of carbonyl (C=O) groups excluding carboxylic acids is 5. The zero-order valence-electron chi connectivity index (χ0n) is 41.2. The zero-order chi connectivity index (χ0) is 48.2. The smallest absolute Gasteiger partial charge is 0.329 e. The van der Waals surface area contributed by atoms with E-state index in [0.717, 1.165) is 24.8 Å². The van der Waals surface area contributed by atoms with Gasteiger partial charge in [0.25, 0.3) is 11.7 Å². The molecule has 2 bridgehead atoms. The summed E-state index contributed by atoms with van der Waals surface area (Å²) in [5.41, 5.74) is 1.30. The topological polar surface area (TPSA) is 175 Å². The number of esters is 1. The summed E-state index contributed by atoms with van der Waals surface area (Å²) in [6.07, 6.45) is 13.6.